The Kier molecular flexibility index (Phi) is 5.94. The van der Waals surface area contributed by atoms with E-state index in [1.54, 1.807) is 6.08 Å². The monoisotopic (exact) mass is 411 g/mol. The van der Waals surface area contributed by atoms with Crippen LogP contribution in [0, 0.1) is 0 Å². The van der Waals surface area contributed by atoms with E-state index in [9.17, 15) is 9.59 Å². The molecular weight excluding hydrogens is 382 g/mol. The predicted octanol–water partition coefficient (Wildman–Crippen LogP) is 3.65. The minimum absolute atomic E-state index is 0.0174. The van der Waals surface area contributed by atoms with Crippen molar-refractivity contribution in [2.24, 2.45) is 0 Å². The molecule has 2 amide bonds. The molecule has 1 fully saturated rings. The molecule has 0 radical (unpaired) electrons. The molecule has 29 heavy (non-hydrogen) atoms. The van der Waals surface area contributed by atoms with Gasteiger partial charge in [0.05, 0.1) is 0 Å². The van der Waals surface area contributed by atoms with Crippen LogP contribution in [0.4, 0.5) is 5.69 Å². The zero-order chi connectivity index (χ0) is 21.3. The van der Waals surface area contributed by atoms with Gasteiger partial charge in [-0.05, 0) is 50.2 Å². The minimum Gasteiger partial charge on any atom is -0.370 e. The summed E-state index contributed by atoms with van der Waals surface area (Å²) in [7, 11) is 2.12. The van der Waals surface area contributed by atoms with Gasteiger partial charge in [0.1, 0.15) is 5.57 Å². The lowest BCUT2D eigenvalue weighted by atomic mass is 9.79. The highest BCUT2D eigenvalue weighted by molar-refractivity contribution is 7.80. The molecule has 0 spiro atoms. The molecule has 1 atom stereocenters. The number of carbonyl (C=O) groups excluding carboxylic acids is 2. The van der Waals surface area contributed by atoms with E-state index in [4.69, 9.17) is 12.2 Å². The van der Waals surface area contributed by atoms with Crippen molar-refractivity contribution in [1.82, 2.24) is 9.80 Å². The average Bonchev–Trinajstić information content (AvgIpc) is 2.88. The number of nitrogens with zero attached hydrogens (tertiary/aromatic N) is 3. The quantitative estimate of drug-likeness (QED) is 0.421. The van der Waals surface area contributed by atoms with Crippen molar-refractivity contribution in [3.8, 4) is 0 Å². The highest BCUT2D eigenvalue weighted by Gasteiger charge is 2.42. The lowest BCUT2D eigenvalue weighted by Gasteiger charge is -2.35. The molecule has 1 saturated heterocycles. The van der Waals surface area contributed by atoms with Crippen LogP contribution in [0.2, 0.25) is 0 Å². The molecule has 5 nitrogen and oxygen atoms in total. The van der Waals surface area contributed by atoms with Crippen molar-refractivity contribution >= 4 is 34.8 Å². The third-order valence-electron chi connectivity index (χ3n) is 6.08. The molecule has 2 aliphatic rings. The summed E-state index contributed by atoms with van der Waals surface area (Å²) in [5.41, 5.74) is 2.80. The second-order valence-electron chi connectivity index (χ2n) is 7.99. The fourth-order valence-electron chi connectivity index (χ4n) is 4.38. The van der Waals surface area contributed by atoms with Gasteiger partial charge in [-0.1, -0.05) is 44.2 Å². The normalized spacial score (nSPS) is 21.4. The van der Waals surface area contributed by atoms with Gasteiger partial charge in [0.2, 0.25) is 0 Å². The molecule has 0 saturated carbocycles. The number of fused-ring (bicyclic) bond motifs is 1. The van der Waals surface area contributed by atoms with E-state index in [0.717, 1.165) is 6.42 Å². The van der Waals surface area contributed by atoms with Gasteiger partial charge in [0.15, 0.2) is 5.11 Å². The molecule has 2 heterocycles. The zero-order valence-electron chi connectivity index (χ0n) is 17.8. The van der Waals surface area contributed by atoms with Crippen LogP contribution in [0.1, 0.15) is 39.7 Å². The van der Waals surface area contributed by atoms with Gasteiger partial charge >= 0.3 is 0 Å². The molecule has 154 valence electrons. The Morgan fingerprint density at radius 2 is 1.66 bits per heavy atom. The van der Waals surface area contributed by atoms with E-state index in [1.807, 2.05) is 26.0 Å². The third-order valence-corrected chi connectivity index (χ3v) is 6.52. The number of amides is 2. The van der Waals surface area contributed by atoms with Gasteiger partial charge in [-0.3, -0.25) is 19.4 Å². The van der Waals surface area contributed by atoms with Crippen LogP contribution >= 0.6 is 12.2 Å². The topological polar surface area (TPSA) is 43.9 Å². The summed E-state index contributed by atoms with van der Waals surface area (Å²) < 4.78 is 0. The highest BCUT2D eigenvalue weighted by Crippen LogP contribution is 2.45. The molecule has 6 heteroatoms. The summed E-state index contributed by atoms with van der Waals surface area (Å²) in [4.78, 5) is 30.6. The summed E-state index contributed by atoms with van der Waals surface area (Å²) in [5.74, 6) is -0.634. The van der Waals surface area contributed by atoms with Crippen molar-refractivity contribution in [2.75, 3.05) is 25.0 Å². The SMILES string of the molecule is CCN1C(=O)C(=CC=CCC2N(C)c3ccccc3C2(C)C)C(=O)N(CC)C1=S. The number of hydrogen-bond acceptors (Lipinski definition) is 4. The van der Waals surface area contributed by atoms with Crippen LogP contribution in [-0.4, -0.2) is 52.9 Å². The molecule has 0 aromatic heterocycles. The summed E-state index contributed by atoms with van der Waals surface area (Å²) >= 11 is 5.29. The Bertz CT molecular complexity index is 875. The van der Waals surface area contributed by atoms with Crippen molar-refractivity contribution < 1.29 is 9.59 Å². The number of allylic oxidation sites excluding steroid dienone is 2. The molecule has 3 rings (SSSR count). The molecule has 1 aromatic carbocycles. The van der Waals surface area contributed by atoms with Crippen LogP contribution in [0.5, 0.6) is 0 Å². The largest absolute Gasteiger partial charge is 0.370 e. The summed E-state index contributed by atoms with van der Waals surface area (Å²) in [6.45, 7) is 9.14. The number of thiocarbonyl (C=S) groups is 1. The first kappa shape index (κ1) is 21.2. The number of para-hydroxylation sites is 1. The molecule has 1 unspecified atom stereocenters. The Morgan fingerprint density at radius 3 is 2.21 bits per heavy atom. The number of carbonyl (C=O) groups is 2. The standard InChI is InChI=1S/C23H29N3O2S/c1-6-25-20(27)16(21(28)26(7-2)22(25)29)12-8-11-15-19-23(3,4)17-13-9-10-14-18(17)24(19)5/h8-14,19H,6-7,15H2,1-5H3. The van der Waals surface area contributed by atoms with Crippen LogP contribution in [0.25, 0.3) is 0 Å². The van der Waals surface area contributed by atoms with Crippen molar-refractivity contribution in [3.63, 3.8) is 0 Å². The summed E-state index contributed by atoms with van der Waals surface area (Å²) in [6.07, 6.45) is 6.32. The van der Waals surface area contributed by atoms with E-state index in [0.29, 0.717) is 24.2 Å². The molecule has 0 aliphatic carbocycles. The maximum atomic E-state index is 12.7. The first-order valence-electron chi connectivity index (χ1n) is 10.1. The maximum absolute atomic E-state index is 12.7. The third kappa shape index (κ3) is 3.50. The molecular formula is C23H29N3O2S. The highest BCUT2D eigenvalue weighted by atomic mass is 32.1. The Hall–Kier alpha value is -2.47. The van der Waals surface area contributed by atoms with E-state index in [2.05, 4.69) is 50.1 Å². The van der Waals surface area contributed by atoms with Crippen molar-refractivity contribution in [1.29, 1.82) is 0 Å². The van der Waals surface area contributed by atoms with Crippen LogP contribution in [0.15, 0.2) is 48.1 Å². The Morgan fingerprint density at radius 1 is 1.07 bits per heavy atom. The van der Waals surface area contributed by atoms with Crippen LogP contribution in [0.3, 0.4) is 0 Å². The van der Waals surface area contributed by atoms with Gasteiger partial charge in [0, 0.05) is 37.3 Å². The van der Waals surface area contributed by atoms with Crippen LogP contribution < -0.4 is 4.90 Å². The smallest absolute Gasteiger partial charge is 0.265 e. The molecule has 1 aromatic rings. The molecule has 2 aliphatic heterocycles. The molecule has 0 bridgehead atoms. The number of rotatable bonds is 5. The van der Waals surface area contributed by atoms with E-state index in [1.165, 1.54) is 21.1 Å². The number of hydrogen-bond donors (Lipinski definition) is 0. The van der Waals surface area contributed by atoms with Gasteiger partial charge < -0.3 is 4.90 Å². The fourth-order valence-corrected chi connectivity index (χ4v) is 4.81. The second-order valence-corrected chi connectivity index (χ2v) is 8.36. The van der Waals surface area contributed by atoms with Gasteiger partial charge in [0.25, 0.3) is 11.8 Å². The van der Waals surface area contributed by atoms with Crippen molar-refractivity contribution in [2.45, 2.75) is 45.6 Å². The summed E-state index contributed by atoms with van der Waals surface area (Å²) in [6, 6.07) is 8.81. The first-order chi connectivity index (χ1) is 13.8. The average molecular weight is 412 g/mol. The second kappa shape index (κ2) is 8.11. The van der Waals surface area contributed by atoms with Gasteiger partial charge in [-0.2, -0.15) is 0 Å². The first-order valence-corrected chi connectivity index (χ1v) is 10.5. The lowest BCUT2D eigenvalue weighted by molar-refractivity contribution is -0.133. The predicted molar refractivity (Wildman–Crippen MR) is 121 cm³/mol. The number of benzene rings is 1. The van der Waals surface area contributed by atoms with Gasteiger partial charge in [-0.25, -0.2) is 0 Å². The fraction of sp³-hybridized carbons (Fsp3) is 0.435. The zero-order valence-corrected chi connectivity index (χ0v) is 18.6. The van der Waals surface area contributed by atoms with E-state index in [-0.39, 0.29) is 22.8 Å². The minimum atomic E-state index is -0.317. The van der Waals surface area contributed by atoms with Gasteiger partial charge in [-0.15, -0.1) is 0 Å². The lowest BCUT2D eigenvalue weighted by Crippen LogP contribution is -2.55. The van der Waals surface area contributed by atoms with Crippen molar-refractivity contribution in [3.05, 3.63) is 53.6 Å². The number of anilines is 1. The summed E-state index contributed by atoms with van der Waals surface area (Å²) in [5, 5.41) is 0.290. The maximum Gasteiger partial charge on any atom is 0.265 e. The van der Waals surface area contributed by atoms with E-state index < -0.39 is 0 Å². The Labute approximate surface area is 178 Å². The van der Waals surface area contributed by atoms with Crippen LogP contribution in [-0.2, 0) is 15.0 Å². The molecule has 0 N–H and O–H groups in total. The van der Waals surface area contributed by atoms with E-state index >= 15 is 0 Å². The number of likely N-dealkylation sites (N-methyl/N-ethyl adjacent to an activating group) is 3. The Balaban J connectivity index is 1.79.